The van der Waals surface area contributed by atoms with E-state index in [1.54, 1.807) is 7.05 Å². The Balaban J connectivity index is 2.28. The molecule has 0 aromatic heterocycles. The van der Waals surface area contributed by atoms with E-state index >= 15 is 0 Å². The van der Waals surface area contributed by atoms with Crippen LogP contribution in [0.15, 0.2) is 10.2 Å². The largest absolute Gasteiger partial charge is 0.394 e. The minimum Gasteiger partial charge on any atom is -0.394 e. The summed E-state index contributed by atoms with van der Waals surface area (Å²) in [6.07, 6.45) is 1.44. The standard InChI is InChI=1S/C13H20N4O3/c1-8-4-5-12(19)17(15-8)11(7-18)10-6-9(2)14-16(3)13(10)20/h10-11,18H,4-7H2,1-3H3. The van der Waals surface area contributed by atoms with Crippen LogP contribution in [0.2, 0.25) is 0 Å². The van der Waals surface area contributed by atoms with Crippen molar-refractivity contribution in [1.82, 2.24) is 10.0 Å². The van der Waals surface area contributed by atoms with E-state index in [9.17, 15) is 14.7 Å². The second-order valence-electron chi connectivity index (χ2n) is 5.33. The molecule has 0 saturated heterocycles. The predicted molar refractivity (Wildman–Crippen MR) is 74.0 cm³/mol. The van der Waals surface area contributed by atoms with Crippen molar-refractivity contribution in [2.45, 2.75) is 39.2 Å². The molecule has 0 saturated carbocycles. The highest BCUT2D eigenvalue weighted by molar-refractivity contribution is 5.94. The van der Waals surface area contributed by atoms with Crippen LogP contribution in [-0.2, 0) is 9.59 Å². The molecule has 0 aliphatic carbocycles. The molecule has 2 unspecified atom stereocenters. The monoisotopic (exact) mass is 280 g/mol. The molecule has 0 radical (unpaired) electrons. The van der Waals surface area contributed by atoms with E-state index in [0.717, 1.165) is 11.4 Å². The first kappa shape index (κ1) is 14.6. The van der Waals surface area contributed by atoms with E-state index in [1.807, 2.05) is 13.8 Å². The zero-order valence-corrected chi connectivity index (χ0v) is 12.0. The Morgan fingerprint density at radius 2 is 1.95 bits per heavy atom. The second kappa shape index (κ2) is 5.70. The van der Waals surface area contributed by atoms with Gasteiger partial charge in [0.05, 0.1) is 18.6 Å². The number of carbonyl (C=O) groups excluding carboxylic acids is 2. The molecule has 7 nitrogen and oxygen atoms in total. The van der Waals surface area contributed by atoms with E-state index in [0.29, 0.717) is 19.3 Å². The summed E-state index contributed by atoms with van der Waals surface area (Å²) in [6.45, 7) is 3.38. The topological polar surface area (TPSA) is 85.6 Å². The predicted octanol–water partition coefficient (Wildman–Crippen LogP) is 0.200. The quantitative estimate of drug-likeness (QED) is 0.801. The lowest BCUT2D eigenvalue weighted by Crippen LogP contribution is -2.52. The van der Waals surface area contributed by atoms with Crippen LogP contribution in [0.1, 0.15) is 33.1 Å². The van der Waals surface area contributed by atoms with Gasteiger partial charge in [-0.05, 0) is 20.3 Å². The van der Waals surface area contributed by atoms with Gasteiger partial charge >= 0.3 is 0 Å². The molecule has 7 heteroatoms. The number of aliphatic hydroxyl groups is 1. The smallest absolute Gasteiger partial charge is 0.248 e. The van der Waals surface area contributed by atoms with Gasteiger partial charge in [0.25, 0.3) is 0 Å². The van der Waals surface area contributed by atoms with E-state index in [2.05, 4.69) is 10.2 Å². The fraction of sp³-hybridized carbons (Fsp3) is 0.692. The van der Waals surface area contributed by atoms with Crippen LogP contribution in [0, 0.1) is 5.92 Å². The number of nitrogens with zero attached hydrogens (tertiary/aromatic N) is 4. The molecule has 0 aromatic rings. The summed E-state index contributed by atoms with van der Waals surface area (Å²) in [7, 11) is 1.58. The van der Waals surface area contributed by atoms with Crippen molar-refractivity contribution in [3.63, 3.8) is 0 Å². The number of rotatable bonds is 3. The zero-order chi connectivity index (χ0) is 14.9. The Morgan fingerprint density at radius 1 is 1.25 bits per heavy atom. The Hall–Kier alpha value is -1.76. The van der Waals surface area contributed by atoms with Gasteiger partial charge in [0, 0.05) is 31.3 Å². The summed E-state index contributed by atoms with van der Waals surface area (Å²) in [4.78, 5) is 24.2. The first-order chi connectivity index (χ1) is 9.43. The van der Waals surface area contributed by atoms with E-state index in [1.165, 1.54) is 10.0 Å². The first-order valence-electron chi connectivity index (χ1n) is 6.72. The summed E-state index contributed by atoms with van der Waals surface area (Å²) in [5.41, 5.74) is 1.64. The highest BCUT2D eigenvalue weighted by Crippen LogP contribution is 2.25. The second-order valence-corrected chi connectivity index (χ2v) is 5.33. The number of aliphatic hydroxyl groups excluding tert-OH is 1. The number of hydrogen-bond acceptors (Lipinski definition) is 5. The van der Waals surface area contributed by atoms with Gasteiger partial charge < -0.3 is 5.11 Å². The minimum atomic E-state index is -0.627. The molecule has 0 spiro atoms. The average molecular weight is 280 g/mol. The fourth-order valence-corrected chi connectivity index (χ4v) is 2.62. The lowest BCUT2D eigenvalue weighted by atomic mass is 9.91. The number of hydrogen-bond donors (Lipinski definition) is 1. The summed E-state index contributed by atoms with van der Waals surface area (Å²) in [5, 5.41) is 20.5. The van der Waals surface area contributed by atoms with Crippen molar-refractivity contribution in [2.24, 2.45) is 16.1 Å². The minimum absolute atomic E-state index is 0.148. The van der Waals surface area contributed by atoms with Crippen LogP contribution in [0.4, 0.5) is 0 Å². The molecule has 2 aliphatic rings. The molecular weight excluding hydrogens is 260 g/mol. The molecular formula is C13H20N4O3. The lowest BCUT2D eigenvalue weighted by Gasteiger charge is -2.36. The van der Waals surface area contributed by atoms with Crippen molar-refractivity contribution in [2.75, 3.05) is 13.7 Å². The van der Waals surface area contributed by atoms with Crippen molar-refractivity contribution >= 4 is 23.2 Å². The number of carbonyl (C=O) groups is 2. The van der Waals surface area contributed by atoms with Crippen LogP contribution in [0.25, 0.3) is 0 Å². The van der Waals surface area contributed by atoms with Gasteiger partial charge in [-0.2, -0.15) is 10.2 Å². The van der Waals surface area contributed by atoms with Gasteiger partial charge in [-0.25, -0.2) is 10.0 Å². The molecule has 0 bridgehead atoms. The maximum absolute atomic E-state index is 12.2. The third kappa shape index (κ3) is 2.72. The summed E-state index contributed by atoms with van der Waals surface area (Å²) < 4.78 is 0. The van der Waals surface area contributed by atoms with Crippen molar-refractivity contribution in [1.29, 1.82) is 0 Å². The third-order valence-electron chi connectivity index (χ3n) is 3.67. The summed E-state index contributed by atoms with van der Waals surface area (Å²) in [5.74, 6) is -0.841. The summed E-state index contributed by atoms with van der Waals surface area (Å²) in [6, 6.07) is -0.627. The Kier molecular flexibility index (Phi) is 4.17. The van der Waals surface area contributed by atoms with Crippen molar-refractivity contribution < 1.29 is 14.7 Å². The maximum Gasteiger partial charge on any atom is 0.248 e. The van der Waals surface area contributed by atoms with Crippen LogP contribution in [0.3, 0.4) is 0 Å². The van der Waals surface area contributed by atoms with Gasteiger partial charge in [-0.15, -0.1) is 0 Å². The van der Waals surface area contributed by atoms with Crippen LogP contribution >= 0.6 is 0 Å². The van der Waals surface area contributed by atoms with E-state index in [4.69, 9.17) is 0 Å². The maximum atomic E-state index is 12.2. The molecule has 1 N–H and O–H groups in total. The lowest BCUT2D eigenvalue weighted by molar-refractivity contribution is -0.144. The number of amides is 2. The summed E-state index contributed by atoms with van der Waals surface area (Å²) >= 11 is 0. The van der Waals surface area contributed by atoms with Crippen LogP contribution in [0.5, 0.6) is 0 Å². The normalized spacial score (nSPS) is 25.5. The highest BCUT2D eigenvalue weighted by atomic mass is 16.3. The Morgan fingerprint density at radius 3 is 2.60 bits per heavy atom. The van der Waals surface area contributed by atoms with Crippen molar-refractivity contribution in [3.05, 3.63) is 0 Å². The molecule has 2 atom stereocenters. The Labute approximate surface area is 117 Å². The molecule has 20 heavy (non-hydrogen) atoms. The average Bonchev–Trinajstić information content (AvgIpc) is 2.40. The van der Waals surface area contributed by atoms with Gasteiger partial charge in [0.15, 0.2) is 0 Å². The molecule has 110 valence electrons. The Bertz CT molecular complexity index is 486. The van der Waals surface area contributed by atoms with Gasteiger partial charge in [0.2, 0.25) is 11.8 Å². The first-order valence-corrected chi connectivity index (χ1v) is 6.72. The fourth-order valence-electron chi connectivity index (χ4n) is 2.62. The molecule has 2 amide bonds. The number of hydrazone groups is 2. The van der Waals surface area contributed by atoms with E-state index < -0.39 is 12.0 Å². The van der Waals surface area contributed by atoms with E-state index in [-0.39, 0.29) is 18.4 Å². The molecule has 0 aromatic carbocycles. The van der Waals surface area contributed by atoms with Crippen LogP contribution in [-0.4, -0.2) is 58.1 Å². The van der Waals surface area contributed by atoms with Crippen molar-refractivity contribution in [3.8, 4) is 0 Å². The van der Waals surface area contributed by atoms with Gasteiger partial charge in [-0.1, -0.05) is 0 Å². The highest BCUT2D eigenvalue weighted by Gasteiger charge is 2.39. The molecule has 2 aliphatic heterocycles. The molecule has 2 heterocycles. The zero-order valence-electron chi connectivity index (χ0n) is 12.0. The van der Waals surface area contributed by atoms with Gasteiger partial charge in [-0.3, -0.25) is 9.59 Å². The molecule has 0 fully saturated rings. The van der Waals surface area contributed by atoms with Gasteiger partial charge in [0.1, 0.15) is 0 Å². The SMILES string of the molecule is CC1=NN(C)C(=O)C(C(CO)N2N=C(C)CCC2=O)C1. The third-order valence-corrected chi connectivity index (χ3v) is 3.67. The van der Waals surface area contributed by atoms with Crippen LogP contribution < -0.4 is 0 Å². The molecule has 2 rings (SSSR count).